The molecule has 0 unspecified atom stereocenters. The standard InChI is InChI=1S/C31H33FN8O5/c1-18(2)27(36-30(42)43)29(41)39-12-3-4-26(39)28-33-15-25(35-28)20-7-5-19(6-8-20)23-10-9-21(14-24(23)32)40-17-22(45-31(40)44)16-38-13-11-34-37-38/h5-11,13-15,18,22,26-27,36H,3-4,12,16-17H2,1-2H3,(H,33,35)(H,42,43)/t22-,26-,27-/m0/s1. The van der Waals surface area contributed by atoms with Crippen LogP contribution in [-0.4, -0.2) is 78.3 Å². The molecule has 4 aromatic rings. The van der Waals surface area contributed by atoms with Crippen molar-refractivity contribution in [2.24, 2.45) is 5.92 Å². The predicted octanol–water partition coefficient (Wildman–Crippen LogP) is 4.46. The molecule has 2 saturated heterocycles. The minimum absolute atomic E-state index is 0.207. The smallest absolute Gasteiger partial charge is 0.414 e. The van der Waals surface area contributed by atoms with Gasteiger partial charge in [-0.25, -0.2) is 23.6 Å². The van der Waals surface area contributed by atoms with Gasteiger partial charge in [0, 0.05) is 18.3 Å². The number of likely N-dealkylation sites (tertiary alicyclic amines) is 1. The van der Waals surface area contributed by atoms with Gasteiger partial charge in [0.05, 0.1) is 42.9 Å². The first-order chi connectivity index (χ1) is 21.7. The van der Waals surface area contributed by atoms with Crippen molar-refractivity contribution in [1.29, 1.82) is 0 Å². The van der Waals surface area contributed by atoms with E-state index >= 15 is 4.39 Å². The van der Waals surface area contributed by atoms with Crippen molar-refractivity contribution >= 4 is 23.8 Å². The van der Waals surface area contributed by atoms with Crippen LogP contribution in [0, 0.1) is 11.7 Å². The molecular weight excluding hydrogens is 583 g/mol. The summed E-state index contributed by atoms with van der Waals surface area (Å²) in [5.41, 5.74) is 3.02. The van der Waals surface area contributed by atoms with Gasteiger partial charge < -0.3 is 25.0 Å². The van der Waals surface area contributed by atoms with E-state index in [0.29, 0.717) is 42.1 Å². The zero-order valence-electron chi connectivity index (χ0n) is 24.8. The number of halogens is 1. The lowest BCUT2D eigenvalue weighted by molar-refractivity contribution is -0.135. The summed E-state index contributed by atoms with van der Waals surface area (Å²) in [6.07, 6.45) is 4.21. The number of aromatic nitrogens is 5. The summed E-state index contributed by atoms with van der Waals surface area (Å²) in [7, 11) is 0. The minimum atomic E-state index is -1.23. The molecule has 3 N–H and O–H groups in total. The SMILES string of the molecule is CC(C)[C@H](NC(=O)O)C(=O)N1CCC[C@H]1c1ncc(-c2ccc(-c3ccc(N4C[C@H](Cn5ccnn5)OC4=O)cc3F)cc2)[nH]1. The lowest BCUT2D eigenvalue weighted by Gasteiger charge is -2.29. The van der Waals surface area contributed by atoms with Crippen LogP contribution in [0.3, 0.4) is 0 Å². The van der Waals surface area contributed by atoms with Gasteiger partial charge in [-0.15, -0.1) is 5.10 Å². The summed E-state index contributed by atoms with van der Waals surface area (Å²) in [6, 6.07) is 10.9. The maximum Gasteiger partial charge on any atom is 0.414 e. The van der Waals surface area contributed by atoms with Crippen molar-refractivity contribution in [1.82, 2.24) is 35.2 Å². The van der Waals surface area contributed by atoms with E-state index in [1.54, 1.807) is 54.2 Å². The largest absolute Gasteiger partial charge is 0.465 e. The number of ether oxygens (including phenoxy) is 1. The highest BCUT2D eigenvalue weighted by atomic mass is 19.1. The van der Waals surface area contributed by atoms with Gasteiger partial charge in [0.25, 0.3) is 0 Å². The third kappa shape index (κ3) is 6.21. The van der Waals surface area contributed by atoms with E-state index in [9.17, 15) is 19.5 Å². The van der Waals surface area contributed by atoms with Crippen molar-refractivity contribution in [3.05, 3.63) is 72.7 Å². The number of anilines is 1. The second-order valence-corrected chi connectivity index (χ2v) is 11.5. The topological polar surface area (TPSA) is 159 Å². The molecule has 13 nitrogen and oxygen atoms in total. The number of amides is 3. The molecule has 6 rings (SSSR count). The molecule has 2 aliphatic rings. The maximum absolute atomic E-state index is 15.3. The zero-order valence-corrected chi connectivity index (χ0v) is 24.8. The summed E-state index contributed by atoms with van der Waals surface area (Å²) in [6.45, 7) is 4.75. The van der Waals surface area contributed by atoms with Crippen LogP contribution in [0.5, 0.6) is 0 Å². The van der Waals surface area contributed by atoms with Gasteiger partial charge in [-0.1, -0.05) is 43.3 Å². The predicted molar refractivity (Wildman–Crippen MR) is 161 cm³/mol. The Morgan fingerprint density at radius 1 is 1.18 bits per heavy atom. The molecule has 0 saturated carbocycles. The fourth-order valence-corrected chi connectivity index (χ4v) is 5.89. The normalized spacial score (nSPS) is 18.8. The summed E-state index contributed by atoms with van der Waals surface area (Å²) in [5, 5.41) is 19.2. The van der Waals surface area contributed by atoms with Crippen molar-refractivity contribution < 1.29 is 28.6 Å². The van der Waals surface area contributed by atoms with Crippen LogP contribution < -0.4 is 10.2 Å². The van der Waals surface area contributed by atoms with E-state index in [1.807, 2.05) is 24.3 Å². The maximum atomic E-state index is 15.3. The number of imidazole rings is 1. The Kier molecular flexibility index (Phi) is 8.20. The third-order valence-electron chi connectivity index (χ3n) is 8.17. The fourth-order valence-electron chi connectivity index (χ4n) is 5.89. The molecule has 45 heavy (non-hydrogen) atoms. The molecule has 0 radical (unpaired) electrons. The second-order valence-electron chi connectivity index (χ2n) is 11.5. The van der Waals surface area contributed by atoms with Gasteiger partial charge in [-0.2, -0.15) is 0 Å². The van der Waals surface area contributed by atoms with Gasteiger partial charge in [0.15, 0.2) is 0 Å². The number of benzene rings is 2. The first-order valence-corrected chi connectivity index (χ1v) is 14.8. The van der Waals surface area contributed by atoms with E-state index in [4.69, 9.17) is 4.74 Å². The molecule has 2 aliphatic heterocycles. The van der Waals surface area contributed by atoms with Crippen LogP contribution in [0.4, 0.5) is 19.7 Å². The van der Waals surface area contributed by atoms with E-state index in [2.05, 4.69) is 25.6 Å². The van der Waals surface area contributed by atoms with Crippen molar-refractivity contribution in [3.8, 4) is 22.4 Å². The molecule has 2 aromatic carbocycles. The molecule has 0 aliphatic carbocycles. The minimum Gasteiger partial charge on any atom is -0.465 e. The number of carboxylic acid groups (broad SMARTS) is 1. The van der Waals surface area contributed by atoms with Crippen molar-refractivity contribution in [2.45, 2.75) is 51.4 Å². The number of carbonyl (C=O) groups excluding carboxylic acids is 2. The number of nitrogens with zero attached hydrogens (tertiary/aromatic N) is 6. The Hall–Kier alpha value is -5.27. The van der Waals surface area contributed by atoms with Crippen LogP contribution in [0.2, 0.25) is 0 Å². The van der Waals surface area contributed by atoms with E-state index < -0.39 is 30.1 Å². The number of hydrogen-bond acceptors (Lipinski definition) is 7. The summed E-state index contributed by atoms with van der Waals surface area (Å²) in [4.78, 5) is 48.0. The average Bonchev–Trinajstić information content (AvgIpc) is 3.83. The van der Waals surface area contributed by atoms with Gasteiger partial charge in [0.1, 0.15) is 23.8 Å². The Morgan fingerprint density at radius 2 is 1.96 bits per heavy atom. The highest BCUT2D eigenvalue weighted by Gasteiger charge is 2.37. The van der Waals surface area contributed by atoms with E-state index in [0.717, 1.165) is 17.7 Å². The number of H-pyrrole nitrogens is 1. The lowest BCUT2D eigenvalue weighted by atomic mass is 10.0. The van der Waals surface area contributed by atoms with Gasteiger partial charge in [-0.3, -0.25) is 9.69 Å². The van der Waals surface area contributed by atoms with Gasteiger partial charge in [-0.05, 0) is 48.1 Å². The summed E-state index contributed by atoms with van der Waals surface area (Å²) >= 11 is 0. The van der Waals surface area contributed by atoms with Crippen molar-refractivity contribution in [2.75, 3.05) is 18.0 Å². The number of rotatable bonds is 9. The first-order valence-electron chi connectivity index (χ1n) is 14.8. The Labute approximate surface area is 258 Å². The van der Waals surface area contributed by atoms with Crippen LogP contribution in [-0.2, 0) is 16.1 Å². The Balaban J connectivity index is 1.13. The number of nitrogens with one attached hydrogen (secondary N) is 2. The number of hydrogen-bond donors (Lipinski definition) is 3. The van der Waals surface area contributed by atoms with Crippen LogP contribution in [0.15, 0.2) is 61.1 Å². The van der Waals surface area contributed by atoms with Gasteiger partial charge in [0.2, 0.25) is 5.91 Å². The molecular formula is C31H33FN8O5. The average molecular weight is 617 g/mol. The molecule has 0 spiro atoms. The van der Waals surface area contributed by atoms with E-state index in [1.165, 1.54) is 11.0 Å². The molecule has 0 bridgehead atoms. The van der Waals surface area contributed by atoms with Crippen molar-refractivity contribution in [3.63, 3.8) is 0 Å². The van der Waals surface area contributed by atoms with Crippen LogP contribution in [0.1, 0.15) is 38.6 Å². The molecule has 4 heterocycles. The molecule has 3 amide bonds. The monoisotopic (exact) mass is 616 g/mol. The Bertz CT molecular complexity index is 1690. The molecule has 234 valence electrons. The molecule has 3 atom stereocenters. The van der Waals surface area contributed by atoms with Crippen LogP contribution >= 0.6 is 0 Å². The second kappa shape index (κ2) is 12.4. The number of carbonyl (C=O) groups is 3. The molecule has 14 heteroatoms. The van der Waals surface area contributed by atoms with Gasteiger partial charge >= 0.3 is 12.2 Å². The third-order valence-corrected chi connectivity index (χ3v) is 8.17. The number of aromatic amines is 1. The lowest BCUT2D eigenvalue weighted by Crippen LogP contribution is -2.50. The molecule has 2 aromatic heterocycles. The first kappa shape index (κ1) is 29.8. The Morgan fingerprint density at radius 3 is 2.64 bits per heavy atom. The summed E-state index contributed by atoms with van der Waals surface area (Å²) in [5.74, 6) is -0.316. The highest BCUT2D eigenvalue weighted by molar-refractivity contribution is 5.90. The number of cyclic esters (lactones) is 1. The van der Waals surface area contributed by atoms with E-state index in [-0.39, 0.29) is 24.4 Å². The summed E-state index contributed by atoms with van der Waals surface area (Å²) < 4.78 is 22.3. The highest BCUT2D eigenvalue weighted by Crippen LogP contribution is 2.34. The zero-order chi connectivity index (χ0) is 31.7. The quantitative estimate of drug-likeness (QED) is 0.249. The van der Waals surface area contributed by atoms with Crippen LogP contribution in [0.25, 0.3) is 22.4 Å². The fraction of sp³-hybridized carbons (Fsp3) is 0.355. The molecule has 2 fully saturated rings.